The van der Waals surface area contributed by atoms with Crippen LogP contribution in [0.25, 0.3) is 0 Å². The van der Waals surface area contributed by atoms with Crippen molar-refractivity contribution in [1.29, 1.82) is 0 Å². The molecule has 0 bridgehead atoms. The summed E-state index contributed by atoms with van der Waals surface area (Å²) in [5.41, 5.74) is 7.45. The van der Waals surface area contributed by atoms with Crippen molar-refractivity contribution in [2.75, 3.05) is 31.4 Å². The van der Waals surface area contributed by atoms with Crippen LogP contribution in [-0.4, -0.2) is 20.4 Å². The van der Waals surface area contributed by atoms with E-state index in [1.54, 1.807) is 0 Å². The Bertz CT molecular complexity index is 289. The predicted molar refractivity (Wildman–Crippen MR) is 59.8 cm³/mol. The Morgan fingerprint density at radius 1 is 1.38 bits per heavy atom. The van der Waals surface area contributed by atoms with E-state index in [0.29, 0.717) is 5.69 Å². The van der Waals surface area contributed by atoms with Crippen molar-refractivity contribution >= 4 is 19.5 Å². The van der Waals surface area contributed by atoms with Crippen LogP contribution in [0.3, 0.4) is 0 Å². The molecule has 0 radical (unpaired) electrons. The van der Waals surface area contributed by atoms with E-state index in [4.69, 9.17) is 10.3 Å². The predicted octanol–water partition coefficient (Wildman–Crippen LogP) is 2.35. The van der Waals surface area contributed by atoms with E-state index in [2.05, 4.69) is 5.32 Å². The number of hydrogen-bond acceptors (Lipinski definition) is 3. The van der Waals surface area contributed by atoms with Gasteiger partial charge in [0.05, 0.1) is 13.8 Å². The summed E-state index contributed by atoms with van der Waals surface area (Å²) in [6, 6.07) is 5.69. The van der Waals surface area contributed by atoms with E-state index >= 15 is 0 Å². The summed E-state index contributed by atoms with van der Waals surface area (Å²) in [4.78, 5) is 0. The molecule has 0 atom stereocenters. The van der Waals surface area contributed by atoms with Crippen molar-refractivity contribution in [2.24, 2.45) is 0 Å². The first-order valence-electron chi connectivity index (χ1n) is 4.06. The van der Waals surface area contributed by atoms with E-state index < -0.39 is 8.15 Å². The molecular weight excluding hydrogens is 183 g/mol. The van der Waals surface area contributed by atoms with E-state index in [1.165, 1.54) is 0 Å². The lowest BCUT2D eigenvalue weighted by Crippen LogP contribution is -1.94. The fourth-order valence-corrected chi connectivity index (χ4v) is 1.52. The van der Waals surface area contributed by atoms with E-state index in [-0.39, 0.29) is 0 Å². The van der Waals surface area contributed by atoms with Gasteiger partial charge < -0.3 is 15.6 Å². The summed E-state index contributed by atoms with van der Waals surface area (Å²) < 4.78 is 5.59. The Hall–Kier alpha value is -0.950. The van der Waals surface area contributed by atoms with E-state index in [0.717, 1.165) is 11.4 Å². The monoisotopic (exact) mass is 198 g/mol. The van der Waals surface area contributed by atoms with Gasteiger partial charge in [-0.3, -0.25) is 0 Å². The molecule has 1 aromatic carbocycles. The highest BCUT2D eigenvalue weighted by Gasteiger charge is 2.03. The fourth-order valence-electron chi connectivity index (χ4n) is 0.966. The van der Waals surface area contributed by atoms with Gasteiger partial charge in [-0.25, -0.2) is 0 Å². The van der Waals surface area contributed by atoms with Crippen molar-refractivity contribution < 1.29 is 4.52 Å². The Morgan fingerprint density at radius 2 is 2.08 bits per heavy atom. The largest absolute Gasteiger partial charge is 0.472 e. The normalized spacial score (nSPS) is 10.2. The van der Waals surface area contributed by atoms with Gasteiger partial charge in [-0.2, -0.15) is 0 Å². The molecule has 0 saturated heterocycles. The summed E-state index contributed by atoms with van der Waals surface area (Å²) in [5.74, 6) is 0.767. The SMILES string of the molecule is CNc1ccc(N)c(OP(C)C)c1. The third kappa shape index (κ3) is 2.78. The summed E-state index contributed by atoms with van der Waals surface area (Å²) in [6.07, 6.45) is 0. The zero-order valence-corrected chi connectivity index (χ0v) is 9.06. The molecule has 0 aliphatic rings. The number of rotatable bonds is 3. The van der Waals surface area contributed by atoms with Gasteiger partial charge in [0.15, 0.2) is 0 Å². The van der Waals surface area contributed by atoms with Crippen molar-refractivity contribution in [3.8, 4) is 5.75 Å². The lowest BCUT2D eigenvalue weighted by Gasteiger charge is -2.12. The minimum Gasteiger partial charge on any atom is -0.472 e. The number of benzene rings is 1. The molecule has 0 fully saturated rings. The van der Waals surface area contributed by atoms with Crippen LogP contribution in [-0.2, 0) is 0 Å². The van der Waals surface area contributed by atoms with E-state index in [1.807, 2.05) is 38.6 Å². The van der Waals surface area contributed by atoms with Crippen molar-refractivity contribution in [2.45, 2.75) is 0 Å². The Labute approximate surface area is 80.1 Å². The minimum absolute atomic E-state index is 0.418. The summed E-state index contributed by atoms with van der Waals surface area (Å²) in [7, 11) is 1.45. The lowest BCUT2D eigenvalue weighted by atomic mass is 10.2. The first-order chi connectivity index (χ1) is 6.13. The van der Waals surface area contributed by atoms with Crippen LogP contribution in [0.4, 0.5) is 11.4 Å². The van der Waals surface area contributed by atoms with Crippen LogP contribution < -0.4 is 15.6 Å². The van der Waals surface area contributed by atoms with Crippen LogP contribution in [0.15, 0.2) is 18.2 Å². The molecule has 0 aliphatic heterocycles. The molecule has 0 unspecified atom stereocenters. The molecule has 1 rings (SSSR count). The van der Waals surface area contributed by atoms with Gasteiger partial charge in [0.2, 0.25) is 0 Å². The third-order valence-corrected chi connectivity index (χ3v) is 2.15. The summed E-state index contributed by atoms with van der Waals surface area (Å²) >= 11 is 0. The van der Waals surface area contributed by atoms with Crippen molar-refractivity contribution in [1.82, 2.24) is 0 Å². The molecule has 0 amide bonds. The van der Waals surface area contributed by atoms with Gasteiger partial charge in [0, 0.05) is 18.8 Å². The first-order valence-corrected chi connectivity index (χ1v) is 6.21. The standard InChI is InChI=1S/C9H15N2OP/c1-11-7-4-5-8(10)9(6-7)12-13(2)3/h4-6,11H,10H2,1-3H3. The number of anilines is 2. The Morgan fingerprint density at radius 3 is 2.62 bits per heavy atom. The Kier molecular flexibility index (Phi) is 3.38. The van der Waals surface area contributed by atoms with Crippen LogP contribution in [0, 0.1) is 0 Å². The maximum Gasteiger partial charge on any atom is 0.148 e. The highest BCUT2D eigenvalue weighted by atomic mass is 31.1. The molecule has 0 spiro atoms. The van der Waals surface area contributed by atoms with Gasteiger partial charge in [-0.1, -0.05) is 0 Å². The van der Waals surface area contributed by atoms with Crippen LogP contribution >= 0.6 is 8.15 Å². The molecule has 4 heteroatoms. The zero-order chi connectivity index (χ0) is 9.84. The second kappa shape index (κ2) is 4.33. The maximum absolute atomic E-state index is 5.75. The third-order valence-electron chi connectivity index (χ3n) is 1.58. The maximum atomic E-state index is 5.75. The van der Waals surface area contributed by atoms with Crippen molar-refractivity contribution in [3.63, 3.8) is 0 Å². The van der Waals surface area contributed by atoms with Crippen molar-refractivity contribution in [3.05, 3.63) is 18.2 Å². The Balaban J connectivity index is 2.90. The van der Waals surface area contributed by atoms with Gasteiger partial charge in [-0.15, -0.1) is 0 Å². The molecule has 0 aliphatic carbocycles. The van der Waals surface area contributed by atoms with Crippen LogP contribution in [0.5, 0.6) is 5.75 Å². The quantitative estimate of drug-likeness (QED) is 0.579. The lowest BCUT2D eigenvalue weighted by molar-refractivity contribution is 0.626. The topological polar surface area (TPSA) is 47.3 Å². The molecule has 3 N–H and O–H groups in total. The smallest absolute Gasteiger partial charge is 0.148 e. The molecule has 72 valence electrons. The highest BCUT2D eigenvalue weighted by Crippen LogP contribution is 2.35. The number of nitrogens with two attached hydrogens (primary N) is 1. The second-order valence-electron chi connectivity index (χ2n) is 2.91. The number of nitrogens with one attached hydrogen (secondary N) is 1. The molecule has 1 aromatic rings. The van der Waals surface area contributed by atoms with Gasteiger partial charge in [-0.05, 0) is 25.5 Å². The molecular formula is C9H15N2OP. The molecule has 0 heterocycles. The molecule has 13 heavy (non-hydrogen) atoms. The summed E-state index contributed by atoms with van der Waals surface area (Å²) in [6.45, 7) is 4.08. The number of hydrogen-bond donors (Lipinski definition) is 2. The molecule has 0 aromatic heterocycles. The average Bonchev–Trinajstić information content (AvgIpc) is 2.08. The van der Waals surface area contributed by atoms with Gasteiger partial charge in [0.25, 0.3) is 0 Å². The minimum atomic E-state index is -0.418. The summed E-state index contributed by atoms with van der Waals surface area (Å²) in [5, 5.41) is 3.04. The molecule has 0 saturated carbocycles. The second-order valence-corrected chi connectivity index (χ2v) is 4.71. The zero-order valence-electron chi connectivity index (χ0n) is 8.16. The van der Waals surface area contributed by atoms with Gasteiger partial charge >= 0.3 is 0 Å². The van der Waals surface area contributed by atoms with Crippen LogP contribution in [0.2, 0.25) is 0 Å². The van der Waals surface area contributed by atoms with Gasteiger partial charge in [0.1, 0.15) is 5.75 Å². The highest BCUT2D eigenvalue weighted by molar-refractivity contribution is 7.51. The average molecular weight is 198 g/mol. The molecule has 3 nitrogen and oxygen atoms in total. The number of nitrogen functional groups attached to an aromatic ring is 1. The van der Waals surface area contributed by atoms with Crippen LogP contribution in [0.1, 0.15) is 0 Å². The van der Waals surface area contributed by atoms with E-state index in [9.17, 15) is 0 Å². The fraction of sp³-hybridized carbons (Fsp3) is 0.333. The first kappa shape index (κ1) is 10.1.